The number of amides is 2. The number of hydrogen-bond donors (Lipinski definition) is 3. The highest BCUT2D eigenvalue weighted by Crippen LogP contribution is 2.35. The third-order valence-corrected chi connectivity index (χ3v) is 6.96. The molecule has 38 heavy (non-hydrogen) atoms. The first-order chi connectivity index (χ1) is 18.0. The van der Waals surface area contributed by atoms with E-state index in [1.165, 1.54) is 12.1 Å². The third-order valence-electron chi connectivity index (χ3n) is 6.72. The molecule has 1 aromatic heterocycles. The van der Waals surface area contributed by atoms with Crippen molar-refractivity contribution in [1.29, 1.82) is 0 Å². The topological polar surface area (TPSA) is 83.1 Å². The molecular weight excluding hydrogens is 517 g/mol. The molecule has 1 aliphatic carbocycles. The van der Waals surface area contributed by atoms with Gasteiger partial charge in [-0.3, -0.25) is 9.59 Å². The second-order valence-corrected chi connectivity index (χ2v) is 10.1. The molecule has 10 heteroatoms. The summed E-state index contributed by atoms with van der Waals surface area (Å²) >= 11 is 6.10. The molecule has 0 bridgehead atoms. The maximum atomic E-state index is 13.4. The van der Waals surface area contributed by atoms with Gasteiger partial charge in [-0.1, -0.05) is 18.5 Å². The monoisotopic (exact) mass is 546 g/mol. The quantitative estimate of drug-likeness (QED) is 0.295. The zero-order valence-corrected chi connectivity index (χ0v) is 22.0. The standard InChI is InChI=1S/C28H30ClF3N4O2/c1-3-4-26(37)36-22-11-5-17(13-16(22)2)27(38)34-20-9-7-19(8-10-20)33-24-15-25(28(30,31)32)35-23-12-6-18(29)14-21(23)24/h5-6,11-15,19-20H,3-4,7-10H2,1-2H3,(H,33,35)(H,34,38)(H,36,37)/t19-,20+. The van der Waals surface area contributed by atoms with Crippen LogP contribution in [0.25, 0.3) is 10.9 Å². The smallest absolute Gasteiger partial charge is 0.382 e. The Hall–Kier alpha value is -3.33. The van der Waals surface area contributed by atoms with Gasteiger partial charge in [0.05, 0.1) is 5.52 Å². The van der Waals surface area contributed by atoms with Gasteiger partial charge in [0, 0.05) is 45.9 Å². The van der Waals surface area contributed by atoms with Gasteiger partial charge in [0.25, 0.3) is 5.91 Å². The van der Waals surface area contributed by atoms with Crippen molar-refractivity contribution < 1.29 is 22.8 Å². The van der Waals surface area contributed by atoms with Gasteiger partial charge in [-0.2, -0.15) is 13.2 Å². The predicted octanol–water partition coefficient (Wildman–Crippen LogP) is 7.11. The number of halogens is 4. The van der Waals surface area contributed by atoms with Crippen molar-refractivity contribution in [2.24, 2.45) is 0 Å². The van der Waals surface area contributed by atoms with E-state index in [0.717, 1.165) is 18.1 Å². The Labute approximate surface area is 224 Å². The number of carbonyl (C=O) groups is 2. The van der Waals surface area contributed by atoms with Crippen LogP contribution in [0, 0.1) is 6.92 Å². The minimum atomic E-state index is -4.57. The molecule has 0 unspecified atom stereocenters. The van der Waals surface area contributed by atoms with Crippen molar-refractivity contribution in [1.82, 2.24) is 10.3 Å². The van der Waals surface area contributed by atoms with E-state index in [2.05, 4.69) is 20.9 Å². The maximum absolute atomic E-state index is 13.4. The molecule has 0 saturated heterocycles. The Morgan fingerprint density at radius 1 is 1.00 bits per heavy atom. The van der Waals surface area contributed by atoms with E-state index in [1.54, 1.807) is 24.3 Å². The summed E-state index contributed by atoms with van der Waals surface area (Å²) < 4.78 is 40.3. The van der Waals surface area contributed by atoms with Crippen LogP contribution in [-0.4, -0.2) is 28.9 Å². The summed E-state index contributed by atoms with van der Waals surface area (Å²) in [4.78, 5) is 28.5. The summed E-state index contributed by atoms with van der Waals surface area (Å²) in [6.45, 7) is 3.78. The first-order valence-electron chi connectivity index (χ1n) is 12.7. The fraction of sp³-hybridized carbons (Fsp3) is 0.393. The summed E-state index contributed by atoms with van der Waals surface area (Å²) in [5.41, 5.74) is 1.61. The molecule has 6 nitrogen and oxygen atoms in total. The SMILES string of the molecule is CCCC(=O)Nc1ccc(C(=O)N[C@H]2CC[C@@H](Nc3cc(C(F)(F)F)nc4ccc(Cl)cc34)CC2)cc1C. The maximum Gasteiger partial charge on any atom is 0.433 e. The van der Waals surface area contributed by atoms with Crippen molar-refractivity contribution >= 4 is 45.7 Å². The van der Waals surface area contributed by atoms with Gasteiger partial charge in [0.2, 0.25) is 5.91 Å². The molecular formula is C28H30ClF3N4O2. The minimum absolute atomic E-state index is 0.0424. The molecule has 202 valence electrons. The Morgan fingerprint density at radius 3 is 2.37 bits per heavy atom. The van der Waals surface area contributed by atoms with E-state index in [1.807, 2.05) is 13.8 Å². The molecule has 4 rings (SSSR count). The fourth-order valence-corrected chi connectivity index (χ4v) is 4.89. The highest BCUT2D eigenvalue weighted by Gasteiger charge is 2.34. The van der Waals surface area contributed by atoms with E-state index < -0.39 is 11.9 Å². The molecule has 1 saturated carbocycles. The van der Waals surface area contributed by atoms with Crippen LogP contribution >= 0.6 is 11.6 Å². The van der Waals surface area contributed by atoms with E-state index in [9.17, 15) is 22.8 Å². The number of nitrogens with zero attached hydrogens (tertiary/aromatic N) is 1. The van der Waals surface area contributed by atoms with Crippen molar-refractivity contribution in [3.05, 3.63) is 64.3 Å². The first-order valence-corrected chi connectivity index (χ1v) is 13.1. The Bertz CT molecular complexity index is 1340. The third kappa shape index (κ3) is 6.75. The Kier molecular flexibility index (Phi) is 8.45. The molecule has 1 aliphatic rings. The second kappa shape index (κ2) is 11.6. The van der Waals surface area contributed by atoms with Crippen molar-refractivity contribution in [3.63, 3.8) is 0 Å². The number of benzene rings is 2. The van der Waals surface area contributed by atoms with Crippen LogP contribution in [0.1, 0.15) is 67.1 Å². The second-order valence-electron chi connectivity index (χ2n) is 9.71. The van der Waals surface area contributed by atoms with Crippen LogP contribution in [0.3, 0.4) is 0 Å². The van der Waals surface area contributed by atoms with Gasteiger partial charge in [0.1, 0.15) is 5.69 Å². The molecule has 3 N–H and O–H groups in total. The summed E-state index contributed by atoms with van der Waals surface area (Å²) in [6, 6.07) is 10.7. The van der Waals surface area contributed by atoms with E-state index >= 15 is 0 Å². The van der Waals surface area contributed by atoms with Gasteiger partial charge < -0.3 is 16.0 Å². The lowest BCUT2D eigenvalue weighted by atomic mass is 9.90. The van der Waals surface area contributed by atoms with E-state index in [0.29, 0.717) is 59.5 Å². The fourth-order valence-electron chi connectivity index (χ4n) is 4.72. The van der Waals surface area contributed by atoms with Crippen molar-refractivity contribution in [3.8, 4) is 0 Å². The summed E-state index contributed by atoms with van der Waals surface area (Å²) in [5, 5.41) is 10.1. The van der Waals surface area contributed by atoms with Gasteiger partial charge >= 0.3 is 6.18 Å². The molecule has 3 aromatic rings. The van der Waals surface area contributed by atoms with Crippen LogP contribution in [-0.2, 0) is 11.0 Å². The lowest BCUT2D eigenvalue weighted by molar-refractivity contribution is -0.140. The molecule has 1 fully saturated rings. The van der Waals surface area contributed by atoms with E-state index in [-0.39, 0.29) is 29.4 Å². The zero-order valence-electron chi connectivity index (χ0n) is 21.2. The van der Waals surface area contributed by atoms with Crippen LogP contribution in [0.4, 0.5) is 24.5 Å². The minimum Gasteiger partial charge on any atom is -0.382 e. The van der Waals surface area contributed by atoms with Gasteiger partial charge in [0.15, 0.2) is 0 Å². The lowest BCUT2D eigenvalue weighted by Gasteiger charge is -2.31. The number of nitrogens with one attached hydrogen (secondary N) is 3. The number of rotatable bonds is 7. The molecule has 0 radical (unpaired) electrons. The zero-order chi connectivity index (χ0) is 27.4. The van der Waals surface area contributed by atoms with Gasteiger partial charge in [-0.25, -0.2) is 4.98 Å². The number of anilines is 2. The normalized spacial score (nSPS) is 17.7. The van der Waals surface area contributed by atoms with Gasteiger partial charge in [-0.05, 0) is 87.1 Å². The van der Waals surface area contributed by atoms with Gasteiger partial charge in [-0.15, -0.1) is 0 Å². The summed E-state index contributed by atoms with van der Waals surface area (Å²) in [7, 11) is 0. The van der Waals surface area contributed by atoms with Crippen LogP contribution in [0.2, 0.25) is 5.02 Å². The number of fused-ring (bicyclic) bond motifs is 1. The number of hydrogen-bond acceptors (Lipinski definition) is 4. The first kappa shape index (κ1) is 27.7. The Balaban J connectivity index is 1.38. The highest BCUT2D eigenvalue weighted by molar-refractivity contribution is 6.31. The average molecular weight is 547 g/mol. The Morgan fingerprint density at radius 2 is 1.71 bits per heavy atom. The van der Waals surface area contributed by atoms with Crippen LogP contribution in [0.5, 0.6) is 0 Å². The number of aryl methyl sites for hydroxylation is 1. The molecule has 2 amide bonds. The summed E-state index contributed by atoms with van der Waals surface area (Å²) in [6.07, 6.45) is -0.647. The molecule has 2 aromatic carbocycles. The largest absolute Gasteiger partial charge is 0.433 e. The van der Waals surface area contributed by atoms with Crippen LogP contribution < -0.4 is 16.0 Å². The number of alkyl halides is 3. The number of carbonyl (C=O) groups excluding carboxylic acids is 2. The highest BCUT2D eigenvalue weighted by atomic mass is 35.5. The van der Waals surface area contributed by atoms with E-state index in [4.69, 9.17) is 11.6 Å². The number of aromatic nitrogens is 1. The number of pyridine rings is 1. The van der Waals surface area contributed by atoms with Crippen molar-refractivity contribution in [2.45, 2.75) is 70.6 Å². The van der Waals surface area contributed by atoms with Crippen molar-refractivity contribution in [2.75, 3.05) is 10.6 Å². The summed E-state index contributed by atoms with van der Waals surface area (Å²) in [5.74, 6) is -0.254. The molecule has 1 heterocycles. The van der Waals surface area contributed by atoms with Crippen LogP contribution in [0.15, 0.2) is 42.5 Å². The molecule has 0 atom stereocenters. The average Bonchev–Trinajstić information content (AvgIpc) is 2.86. The lowest BCUT2D eigenvalue weighted by Crippen LogP contribution is -2.40. The molecule has 0 spiro atoms. The molecule has 0 aliphatic heterocycles. The predicted molar refractivity (Wildman–Crippen MR) is 144 cm³/mol.